The van der Waals surface area contributed by atoms with Crippen LogP contribution in [-0.2, 0) is 6.18 Å². The first kappa shape index (κ1) is 14.5. The van der Waals surface area contributed by atoms with Crippen LogP contribution in [-0.4, -0.2) is 16.6 Å². The Morgan fingerprint density at radius 1 is 1.25 bits per heavy atom. The molecule has 0 radical (unpaired) electrons. The number of ether oxygens (including phenoxy) is 1. The van der Waals surface area contributed by atoms with Gasteiger partial charge >= 0.3 is 6.18 Å². The number of aromatic nitrogens is 2. The molecule has 0 unspecified atom stereocenters. The van der Waals surface area contributed by atoms with E-state index in [1.54, 1.807) is 24.3 Å². The molecule has 20 heavy (non-hydrogen) atoms. The Labute approximate surface area is 118 Å². The molecule has 2 aromatic rings. The molecular weight excluding hydrogens is 289 g/mol. The Kier molecular flexibility index (Phi) is 4.08. The second-order valence-corrected chi connectivity index (χ2v) is 4.36. The predicted octanol–water partition coefficient (Wildman–Crippen LogP) is 4.22. The van der Waals surface area contributed by atoms with Crippen LogP contribution >= 0.6 is 12.2 Å². The number of rotatable bonds is 3. The first-order valence-corrected chi connectivity index (χ1v) is 6.23. The fraction of sp³-hybridized carbons (Fsp3) is 0.231. The number of benzene rings is 1. The number of alkyl halides is 3. The van der Waals surface area contributed by atoms with Crippen molar-refractivity contribution in [3.8, 4) is 17.0 Å². The molecule has 0 bridgehead atoms. The standard InChI is InChI=1S/C13H11F3N2OS/c1-2-19-9-5-3-8(4-6-9)10-7-11(20)18-12(17-10)13(14,15)16/h3-7H,2H2,1H3,(H,17,18,20). The Bertz CT molecular complexity index is 650. The van der Waals surface area contributed by atoms with Gasteiger partial charge in [-0.15, -0.1) is 0 Å². The first-order valence-electron chi connectivity index (χ1n) is 5.82. The van der Waals surface area contributed by atoms with E-state index in [0.717, 1.165) is 0 Å². The number of hydrogen-bond donors (Lipinski definition) is 1. The van der Waals surface area contributed by atoms with Crippen molar-refractivity contribution >= 4 is 12.2 Å². The molecule has 0 aliphatic carbocycles. The molecule has 1 aromatic heterocycles. The van der Waals surface area contributed by atoms with Crippen LogP contribution in [0.25, 0.3) is 11.3 Å². The van der Waals surface area contributed by atoms with Crippen molar-refractivity contribution in [3.63, 3.8) is 0 Å². The Morgan fingerprint density at radius 3 is 2.45 bits per heavy atom. The molecule has 1 N–H and O–H groups in total. The zero-order valence-electron chi connectivity index (χ0n) is 10.5. The normalized spacial score (nSPS) is 11.4. The monoisotopic (exact) mass is 300 g/mol. The van der Waals surface area contributed by atoms with E-state index in [0.29, 0.717) is 17.9 Å². The minimum Gasteiger partial charge on any atom is -0.494 e. The lowest BCUT2D eigenvalue weighted by molar-refractivity contribution is -0.144. The average Bonchev–Trinajstić information content (AvgIpc) is 2.38. The summed E-state index contributed by atoms with van der Waals surface area (Å²) in [4.78, 5) is 5.54. The second-order valence-electron chi connectivity index (χ2n) is 3.94. The van der Waals surface area contributed by atoms with Crippen LogP contribution < -0.4 is 4.74 Å². The molecule has 0 spiro atoms. The van der Waals surface area contributed by atoms with Crippen LogP contribution in [0.3, 0.4) is 0 Å². The number of aromatic amines is 1. The lowest BCUT2D eigenvalue weighted by Gasteiger charge is -2.09. The molecule has 7 heteroatoms. The van der Waals surface area contributed by atoms with Gasteiger partial charge in [0.1, 0.15) is 10.4 Å². The Hall–Kier alpha value is -1.89. The van der Waals surface area contributed by atoms with Crippen molar-refractivity contribution in [2.75, 3.05) is 6.61 Å². The van der Waals surface area contributed by atoms with Crippen molar-refractivity contribution in [2.45, 2.75) is 13.1 Å². The molecule has 1 heterocycles. The summed E-state index contributed by atoms with van der Waals surface area (Å²) in [5, 5.41) is 0. The van der Waals surface area contributed by atoms with E-state index < -0.39 is 12.0 Å². The van der Waals surface area contributed by atoms with E-state index in [4.69, 9.17) is 17.0 Å². The van der Waals surface area contributed by atoms with E-state index in [-0.39, 0.29) is 10.3 Å². The van der Waals surface area contributed by atoms with Crippen LogP contribution in [0.4, 0.5) is 13.2 Å². The van der Waals surface area contributed by atoms with Crippen molar-refractivity contribution in [3.05, 3.63) is 40.8 Å². The lowest BCUT2D eigenvalue weighted by atomic mass is 10.1. The lowest BCUT2D eigenvalue weighted by Crippen LogP contribution is -2.11. The molecule has 0 atom stereocenters. The smallest absolute Gasteiger partial charge is 0.449 e. The molecule has 1 aromatic carbocycles. The third-order valence-electron chi connectivity index (χ3n) is 2.49. The zero-order chi connectivity index (χ0) is 14.8. The van der Waals surface area contributed by atoms with Crippen molar-refractivity contribution in [2.24, 2.45) is 0 Å². The third kappa shape index (κ3) is 3.36. The molecule has 3 nitrogen and oxygen atoms in total. The summed E-state index contributed by atoms with van der Waals surface area (Å²) in [5.74, 6) is -0.450. The van der Waals surface area contributed by atoms with E-state index in [9.17, 15) is 13.2 Å². The maximum absolute atomic E-state index is 12.7. The van der Waals surface area contributed by atoms with Crippen molar-refractivity contribution < 1.29 is 17.9 Å². The molecule has 106 valence electrons. The topological polar surface area (TPSA) is 37.9 Å². The molecule has 0 saturated carbocycles. The van der Waals surface area contributed by atoms with E-state index >= 15 is 0 Å². The quantitative estimate of drug-likeness (QED) is 0.862. The highest BCUT2D eigenvalue weighted by Crippen LogP contribution is 2.28. The minimum absolute atomic E-state index is 0.111. The maximum atomic E-state index is 12.7. The summed E-state index contributed by atoms with van der Waals surface area (Å²) in [7, 11) is 0. The molecule has 0 fully saturated rings. The highest BCUT2D eigenvalue weighted by atomic mass is 32.1. The summed E-state index contributed by atoms with van der Waals surface area (Å²) < 4.78 is 43.2. The molecule has 0 aliphatic rings. The second kappa shape index (κ2) is 5.62. The van der Waals surface area contributed by atoms with Gasteiger partial charge in [-0.1, -0.05) is 12.2 Å². The van der Waals surface area contributed by atoms with Crippen molar-refractivity contribution in [1.29, 1.82) is 0 Å². The molecule has 0 amide bonds. The van der Waals surface area contributed by atoms with Gasteiger partial charge in [0.15, 0.2) is 0 Å². The van der Waals surface area contributed by atoms with Gasteiger partial charge in [0, 0.05) is 5.69 Å². The van der Waals surface area contributed by atoms with Gasteiger partial charge in [-0.05, 0) is 42.8 Å². The van der Waals surface area contributed by atoms with Gasteiger partial charge in [-0.2, -0.15) is 13.2 Å². The Morgan fingerprint density at radius 2 is 1.90 bits per heavy atom. The van der Waals surface area contributed by atoms with Gasteiger partial charge in [0.25, 0.3) is 0 Å². The fourth-order valence-electron chi connectivity index (χ4n) is 1.64. The van der Waals surface area contributed by atoms with Crippen LogP contribution in [0.1, 0.15) is 12.7 Å². The van der Waals surface area contributed by atoms with Crippen molar-refractivity contribution in [1.82, 2.24) is 9.97 Å². The van der Waals surface area contributed by atoms with Gasteiger partial charge in [0.2, 0.25) is 5.82 Å². The summed E-state index contributed by atoms with van der Waals surface area (Å²) in [6.45, 7) is 2.37. The summed E-state index contributed by atoms with van der Waals surface area (Å²) in [5.41, 5.74) is 0.841. The number of nitrogens with zero attached hydrogens (tertiary/aromatic N) is 1. The van der Waals surface area contributed by atoms with Gasteiger partial charge in [0.05, 0.1) is 6.61 Å². The van der Waals surface area contributed by atoms with Gasteiger partial charge < -0.3 is 9.72 Å². The van der Waals surface area contributed by atoms with E-state index in [1.807, 2.05) is 6.92 Å². The number of H-pyrrole nitrogens is 1. The van der Waals surface area contributed by atoms with Crippen LogP contribution in [0.2, 0.25) is 0 Å². The van der Waals surface area contributed by atoms with E-state index in [2.05, 4.69) is 9.97 Å². The average molecular weight is 300 g/mol. The van der Waals surface area contributed by atoms with Gasteiger partial charge in [-0.3, -0.25) is 0 Å². The highest BCUT2D eigenvalue weighted by molar-refractivity contribution is 7.71. The highest BCUT2D eigenvalue weighted by Gasteiger charge is 2.34. The largest absolute Gasteiger partial charge is 0.494 e. The minimum atomic E-state index is -4.56. The number of hydrogen-bond acceptors (Lipinski definition) is 3. The Balaban J connectivity index is 2.42. The molecule has 0 aliphatic heterocycles. The zero-order valence-corrected chi connectivity index (χ0v) is 11.3. The molecular formula is C13H11F3N2OS. The summed E-state index contributed by atoms with van der Waals surface area (Å²) in [6, 6.07) is 8.07. The summed E-state index contributed by atoms with van der Waals surface area (Å²) in [6.07, 6.45) is -4.56. The van der Waals surface area contributed by atoms with Gasteiger partial charge in [-0.25, -0.2) is 4.98 Å². The first-order chi connectivity index (χ1) is 9.40. The maximum Gasteiger partial charge on any atom is 0.449 e. The predicted molar refractivity (Wildman–Crippen MR) is 71.0 cm³/mol. The number of nitrogens with one attached hydrogen (secondary N) is 1. The summed E-state index contributed by atoms with van der Waals surface area (Å²) >= 11 is 4.77. The van der Waals surface area contributed by atoms with E-state index in [1.165, 1.54) is 6.07 Å². The molecule has 0 saturated heterocycles. The number of halogens is 3. The SMILES string of the molecule is CCOc1ccc(-c2cc(=S)nc(C(F)(F)F)[nH]2)cc1. The van der Waals surface area contributed by atoms with Crippen LogP contribution in [0.5, 0.6) is 5.75 Å². The third-order valence-corrected chi connectivity index (χ3v) is 2.70. The van der Waals surface area contributed by atoms with Crippen LogP contribution in [0, 0.1) is 4.64 Å². The fourth-order valence-corrected chi connectivity index (χ4v) is 1.85. The molecule has 2 rings (SSSR count). The van der Waals surface area contributed by atoms with Crippen LogP contribution in [0.15, 0.2) is 30.3 Å².